The van der Waals surface area contributed by atoms with Gasteiger partial charge in [-0.05, 0) is 19.3 Å². The molecule has 116 valence electrons. The molecular formula is C12H17F3N6. The number of hydrogen-bond acceptors (Lipinski definition) is 6. The van der Waals surface area contributed by atoms with E-state index in [1.807, 2.05) is 0 Å². The van der Waals surface area contributed by atoms with E-state index in [9.17, 15) is 13.2 Å². The van der Waals surface area contributed by atoms with Crippen molar-refractivity contribution < 1.29 is 13.2 Å². The van der Waals surface area contributed by atoms with Gasteiger partial charge in [0.1, 0.15) is 11.6 Å². The predicted octanol–water partition coefficient (Wildman–Crippen LogP) is 1.43. The van der Waals surface area contributed by atoms with Gasteiger partial charge in [0.15, 0.2) is 0 Å². The topological polar surface area (TPSA) is 79.1 Å². The zero-order chi connectivity index (χ0) is 15.0. The summed E-state index contributed by atoms with van der Waals surface area (Å²) < 4.78 is 38.2. The second kappa shape index (κ2) is 5.30. The summed E-state index contributed by atoms with van der Waals surface area (Å²) in [5.74, 6) is 4.06. The minimum atomic E-state index is -4.60. The van der Waals surface area contributed by atoms with Crippen molar-refractivity contribution in [3.63, 3.8) is 0 Å². The number of likely N-dealkylation sites (tertiary alicyclic amines) is 1. The Morgan fingerprint density at radius 2 is 1.90 bits per heavy atom. The highest BCUT2D eigenvalue weighted by atomic mass is 19.4. The molecule has 2 aliphatic rings. The number of hydrazine groups is 1. The lowest BCUT2D eigenvalue weighted by Crippen LogP contribution is -2.28. The Morgan fingerprint density at radius 1 is 1.19 bits per heavy atom. The van der Waals surface area contributed by atoms with Gasteiger partial charge in [-0.1, -0.05) is 0 Å². The van der Waals surface area contributed by atoms with Crippen molar-refractivity contribution in [2.45, 2.75) is 37.5 Å². The van der Waals surface area contributed by atoms with Crippen LogP contribution in [0.3, 0.4) is 0 Å². The molecule has 3 rings (SSSR count). The summed E-state index contributed by atoms with van der Waals surface area (Å²) in [5.41, 5.74) is 2.14. The van der Waals surface area contributed by atoms with Gasteiger partial charge in [-0.15, -0.1) is 0 Å². The van der Waals surface area contributed by atoms with Crippen LogP contribution in [-0.2, 0) is 6.18 Å². The van der Waals surface area contributed by atoms with Crippen LogP contribution in [0.25, 0.3) is 0 Å². The lowest BCUT2D eigenvalue weighted by molar-refractivity contribution is -0.144. The third-order valence-corrected chi connectivity index (χ3v) is 3.76. The molecule has 1 unspecified atom stereocenters. The molecule has 6 nitrogen and oxygen atoms in total. The van der Waals surface area contributed by atoms with Crippen LogP contribution in [0.2, 0.25) is 0 Å². The maximum atomic E-state index is 12.7. The Morgan fingerprint density at radius 3 is 2.52 bits per heavy atom. The number of nitrogens with two attached hydrogens (primary N) is 1. The molecule has 1 aromatic rings. The van der Waals surface area contributed by atoms with E-state index in [0.717, 1.165) is 19.5 Å². The SMILES string of the molecule is NNc1cc(NC2CCN(C3CC3)C2)nc(C(F)(F)F)n1. The maximum absolute atomic E-state index is 12.7. The molecule has 4 N–H and O–H groups in total. The van der Waals surface area contributed by atoms with Crippen LogP contribution in [0.5, 0.6) is 0 Å². The van der Waals surface area contributed by atoms with Gasteiger partial charge in [-0.25, -0.2) is 15.8 Å². The van der Waals surface area contributed by atoms with E-state index >= 15 is 0 Å². The largest absolute Gasteiger partial charge is 0.451 e. The van der Waals surface area contributed by atoms with Crippen molar-refractivity contribution in [2.24, 2.45) is 5.84 Å². The van der Waals surface area contributed by atoms with Gasteiger partial charge < -0.3 is 10.7 Å². The first-order valence-electron chi connectivity index (χ1n) is 6.89. The second-order valence-electron chi connectivity index (χ2n) is 5.46. The highest BCUT2D eigenvalue weighted by molar-refractivity contribution is 5.47. The molecule has 21 heavy (non-hydrogen) atoms. The van der Waals surface area contributed by atoms with E-state index in [1.165, 1.54) is 18.9 Å². The van der Waals surface area contributed by atoms with E-state index in [0.29, 0.717) is 6.04 Å². The number of rotatable bonds is 4. The fraction of sp³-hybridized carbons (Fsp3) is 0.667. The number of aromatic nitrogens is 2. The minimum Gasteiger partial charge on any atom is -0.366 e. The smallest absolute Gasteiger partial charge is 0.366 e. The maximum Gasteiger partial charge on any atom is 0.451 e. The Balaban J connectivity index is 1.72. The predicted molar refractivity (Wildman–Crippen MR) is 71.5 cm³/mol. The van der Waals surface area contributed by atoms with Crippen molar-refractivity contribution in [1.82, 2.24) is 14.9 Å². The molecule has 0 radical (unpaired) electrons. The number of alkyl halides is 3. The van der Waals surface area contributed by atoms with E-state index < -0.39 is 12.0 Å². The van der Waals surface area contributed by atoms with Crippen LogP contribution >= 0.6 is 0 Å². The van der Waals surface area contributed by atoms with Crippen molar-refractivity contribution in [1.29, 1.82) is 0 Å². The summed E-state index contributed by atoms with van der Waals surface area (Å²) in [7, 11) is 0. The molecule has 1 saturated carbocycles. The second-order valence-corrected chi connectivity index (χ2v) is 5.46. The average molecular weight is 302 g/mol. The molecule has 2 fully saturated rings. The van der Waals surface area contributed by atoms with Crippen LogP contribution in [0, 0.1) is 0 Å². The lowest BCUT2D eigenvalue weighted by atomic mass is 10.2. The summed E-state index contributed by atoms with van der Waals surface area (Å²) >= 11 is 0. The molecule has 9 heteroatoms. The molecule has 2 heterocycles. The van der Waals surface area contributed by atoms with Crippen molar-refractivity contribution >= 4 is 11.6 Å². The summed E-state index contributed by atoms with van der Waals surface area (Å²) in [4.78, 5) is 9.24. The molecule has 1 aliphatic carbocycles. The monoisotopic (exact) mass is 302 g/mol. The van der Waals surface area contributed by atoms with Crippen LogP contribution in [-0.4, -0.2) is 40.0 Å². The van der Waals surface area contributed by atoms with Crippen LogP contribution in [0.1, 0.15) is 25.1 Å². The number of hydrogen-bond donors (Lipinski definition) is 3. The molecule has 0 amide bonds. The van der Waals surface area contributed by atoms with Gasteiger partial charge in [0.25, 0.3) is 0 Å². The van der Waals surface area contributed by atoms with Gasteiger partial charge in [-0.3, -0.25) is 4.90 Å². The zero-order valence-corrected chi connectivity index (χ0v) is 11.3. The summed E-state index contributed by atoms with van der Waals surface area (Å²) in [6, 6.07) is 2.15. The van der Waals surface area contributed by atoms with Gasteiger partial charge in [0, 0.05) is 31.2 Å². The molecule has 1 atom stereocenters. The highest BCUT2D eigenvalue weighted by Crippen LogP contribution is 2.31. The molecule has 1 saturated heterocycles. The van der Waals surface area contributed by atoms with E-state index in [4.69, 9.17) is 5.84 Å². The fourth-order valence-electron chi connectivity index (χ4n) is 2.61. The third-order valence-electron chi connectivity index (χ3n) is 3.76. The summed E-state index contributed by atoms with van der Waals surface area (Å²) in [6.45, 7) is 1.81. The first kappa shape index (κ1) is 14.3. The average Bonchev–Trinajstić information content (AvgIpc) is 3.18. The van der Waals surface area contributed by atoms with Crippen LogP contribution < -0.4 is 16.6 Å². The number of halogens is 3. The van der Waals surface area contributed by atoms with Crippen LogP contribution in [0.4, 0.5) is 24.8 Å². The normalized spacial score (nSPS) is 23.3. The van der Waals surface area contributed by atoms with Gasteiger partial charge >= 0.3 is 6.18 Å². The summed E-state index contributed by atoms with van der Waals surface area (Å²) in [6.07, 6.45) is -1.26. The van der Waals surface area contributed by atoms with Crippen molar-refractivity contribution in [3.05, 3.63) is 11.9 Å². The molecule has 1 aliphatic heterocycles. The Hall–Kier alpha value is -1.61. The number of nitrogens with zero attached hydrogens (tertiary/aromatic N) is 3. The Labute approximate surface area is 119 Å². The Bertz CT molecular complexity index is 516. The molecule has 0 spiro atoms. The van der Waals surface area contributed by atoms with E-state index in [1.54, 1.807) is 0 Å². The number of nitrogens with one attached hydrogen (secondary N) is 2. The number of nitrogen functional groups attached to an aromatic ring is 1. The van der Waals surface area contributed by atoms with E-state index in [-0.39, 0.29) is 17.7 Å². The van der Waals surface area contributed by atoms with Crippen molar-refractivity contribution in [2.75, 3.05) is 23.8 Å². The van der Waals surface area contributed by atoms with Crippen molar-refractivity contribution in [3.8, 4) is 0 Å². The minimum absolute atomic E-state index is 0.0585. The van der Waals surface area contributed by atoms with E-state index in [2.05, 4.69) is 25.6 Å². The van der Waals surface area contributed by atoms with Gasteiger partial charge in [0.2, 0.25) is 5.82 Å². The standard InChI is InChI=1S/C12H17F3N6/c13-12(14,15)11-18-9(5-10(19-11)20-16)17-7-3-4-21(6-7)8-1-2-8/h5,7-8H,1-4,6,16H2,(H2,17,18,19,20). The number of anilines is 2. The first-order valence-corrected chi connectivity index (χ1v) is 6.89. The molecule has 0 bridgehead atoms. The first-order chi connectivity index (χ1) is 9.95. The zero-order valence-electron chi connectivity index (χ0n) is 11.3. The lowest BCUT2D eigenvalue weighted by Gasteiger charge is -2.17. The van der Waals surface area contributed by atoms with Gasteiger partial charge in [0.05, 0.1) is 0 Å². The molecule has 0 aromatic carbocycles. The fourth-order valence-corrected chi connectivity index (χ4v) is 2.61. The van der Waals surface area contributed by atoms with Gasteiger partial charge in [-0.2, -0.15) is 13.2 Å². The summed E-state index contributed by atoms with van der Waals surface area (Å²) in [5, 5.41) is 3.05. The van der Waals surface area contributed by atoms with Crippen LogP contribution in [0.15, 0.2) is 6.07 Å². The quantitative estimate of drug-likeness (QED) is 0.577. The highest BCUT2D eigenvalue weighted by Gasteiger charge is 2.37. The third kappa shape index (κ3) is 3.35. The molecular weight excluding hydrogens is 285 g/mol. The Kier molecular flexibility index (Phi) is 3.62. The molecule has 1 aromatic heterocycles.